The van der Waals surface area contributed by atoms with Crippen LogP contribution >= 0.6 is 0 Å². The lowest BCUT2D eigenvalue weighted by Gasteiger charge is -2.19. The predicted molar refractivity (Wildman–Crippen MR) is 235 cm³/mol. The van der Waals surface area contributed by atoms with Gasteiger partial charge in [0.1, 0.15) is 22.5 Å². The molecular weight excluding hydrogens is 681 g/mol. The van der Waals surface area contributed by atoms with Crippen LogP contribution in [-0.2, 0) is 0 Å². The minimum atomic E-state index is 0.812. The Labute approximate surface area is 322 Å². The molecule has 0 saturated heterocycles. The maximum absolute atomic E-state index is 7.39. The van der Waals surface area contributed by atoms with Crippen molar-refractivity contribution in [1.29, 1.82) is 0 Å². The first kappa shape index (κ1) is 31.0. The van der Waals surface area contributed by atoms with Crippen LogP contribution in [0.15, 0.2) is 203 Å². The van der Waals surface area contributed by atoms with Crippen LogP contribution in [0.25, 0.3) is 121 Å². The summed E-state index contributed by atoms with van der Waals surface area (Å²) in [5, 5.41) is 12.7. The highest BCUT2D eigenvalue weighted by atomic mass is 16.3. The molecule has 0 fully saturated rings. The van der Waals surface area contributed by atoms with Crippen molar-refractivity contribution in [2.45, 2.75) is 0 Å². The molecule has 0 atom stereocenters. The lowest BCUT2D eigenvalue weighted by atomic mass is 9.84. The Morgan fingerprint density at radius 1 is 0.268 bits per heavy atom. The van der Waals surface area contributed by atoms with E-state index in [1.807, 2.05) is 6.07 Å². The van der Waals surface area contributed by atoms with Crippen LogP contribution in [0.3, 0.4) is 0 Å². The molecule has 0 bridgehead atoms. The van der Waals surface area contributed by atoms with Gasteiger partial charge in [-0.2, -0.15) is 0 Å². The van der Waals surface area contributed by atoms with Crippen LogP contribution in [-0.4, -0.2) is 0 Å². The molecule has 260 valence electrons. The van der Waals surface area contributed by atoms with E-state index < -0.39 is 0 Å². The van der Waals surface area contributed by atoms with Crippen LogP contribution in [0.4, 0.5) is 0 Å². The van der Waals surface area contributed by atoms with Crippen LogP contribution in [0.1, 0.15) is 0 Å². The average Bonchev–Trinajstić information content (AvgIpc) is 3.84. The van der Waals surface area contributed by atoms with Crippen LogP contribution < -0.4 is 0 Å². The van der Waals surface area contributed by atoms with Gasteiger partial charge in [0.25, 0.3) is 0 Å². The van der Waals surface area contributed by atoms with Gasteiger partial charge in [-0.15, -0.1) is 0 Å². The van der Waals surface area contributed by atoms with Gasteiger partial charge in [0.2, 0.25) is 0 Å². The van der Waals surface area contributed by atoms with E-state index in [-0.39, 0.29) is 0 Å². The van der Waals surface area contributed by atoms with Gasteiger partial charge in [0.15, 0.2) is 0 Å². The van der Waals surface area contributed by atoms with E-state index in [4.69, 9.17) is 8.83 Å². The summed E-state index contributed by atoms with van der Waals surface area (Å²) < 4.78 is 14.4. The van der Waals surface area contributed by atoms with Gasteiger partial charge in [0, 0.05) is 32.8 Å². The summed E-state index contributed by atoms with van der Waals surface area (Å²) in [5.41, 5.74) is 10.2. The van der Waals surface area contributed by atoms with Crippen LogP contribution in [0.2, 0.25) is 0 Å². The van der Waals surface area contributed by atoms with Gasteiger partial charge in [-0.3, -0.25) is 0 Å². The fourth-order valence-corrected chi connectivity index (χ4v) is 9.19. The lowest BCUT2D eigenvalue weighted by Crippen LogP contribution is -1.92. The predicted octanol–water partition coefficient (Wildman–Crippen LogP) is 15.6. The van der Waals surface area contributed by atoms with E-state index in [1.165, 1.54) is 43.4 Å². The molecule has 0 radical (unpaired) electrons. The molecule has 0 aliphatic rings. The monoisotopic (exact) mass is 712 g/mol. The molecule has 12 aromatic rings. The molecule has 0 aliphatic heterocycles. The smallest absolute Gasteiger partial charge is 0.147 e. The topological polar surface area (TPSA) is 26.3 Å². The van der Waals surface area contributed by atoms with Gasteiger partial charge >= 0.3 is 0 Å². The Hall–Kier alpha value is -7.42. The molecule has 56 heavy (non-hydrogen) atoms. The normalized spacial score (nSPS) is 11.9. The Bertz CT molecular complexity index is 3470. The van der Waals surface area contributed by atoms with Gasteiger partial charge in [0.05, 0.1) is 5.56 Å². The summed E-state index contributed by atoms with van der Waals surface area (Å²) in [6.07, 6.45) is 0. The first-order chi connectivity index (χ1) is 27.8. The molecule has 0 saturated carbocycles. The highest BCUT2D eigenvalue weighted by Gasteiger charge is 2.28. The van der Waals surface area contributed by atoms with E-state index in [0.29, 0.717) is 0 Å². The molecule has 0 aliphatic carbocycles. The van der Waals surface area contributed by atoms with Gasteiger partial charge < -0.3 is 8.83 Å². The largest absolute Gasteiger partial charge is 0.455 e. The molecule has 12 rings (SSSR count). The van der Waals surface area contributed by atoms with E-state index >= 15 is 0 Å². The van der Waals surface area contributed by atoms with Crippen molar-refractivity contribution in [3.8, 4) is 44.7 Å². The second-order valence-corrected chi connectivity index (χ2v) is 14.7. The molecule has 2 nitrogen and oxygen atoms in total. The minimum absolute atomic E-state index is 0.812. The van der Waals surface area contributed by atoms with Crippen molar-refractivity contribution in [2.75, 3.05) is 0 Å². The highest BCUT2D eigenvalue weighted by molar-refractivity contribution is 6.30. The standard InChI is InChI=1S/C54H32O2/c1-2-17-35(18-3-1)48-46-32-45-39-22-12-13-28-47(39)55-53(45)51(54(46)56-52(48)37-30-29-33-15-4-5-19-36(33)31-37)50-43-25-10-8-23-41(43)49(42-24-9-11-26-44(42)50)40-27-14-20-34-16-6-7-21-38(34)40/h1-32H. The zero-order valence-electron chi connectivity index (χ0n) is 30.3. The number of hydrogen-bond acceptors (Lipinski definition) is 2. The Morgan fingerprint density at radius 3 is 1.59 bits per heavy atom. The Morgan fingerprint density at radius 2 is 0.839 bits per heavy atom. The molecule has 2 heteroatoms. The average molecular weight is 713 g/mol. The van der Waals surface area contributed by atoms with Crippen molar-refractivity contribution in [3.63, 3.8) is 0 Å². The number of benzene rings is 10. The van der Waals surface area contributed by atoms with Gasteiger partial charge in [-0.1, -0.05) is 176 Å². The highest BCUT2D eigenvalue weighted by Crippen LogP contribution is 2.53. The van der Waals surface area contributed by atoms with E-state index in [1.54, 1.807) is 0 Å². The maximum Gasteiger partial charge on any atom is 0.147 e. The van der Waals surface area contributed by atoms with Gasteiger partial charge in [-0.05, 0) is 78.0 Å². The van der Waals surface area contributed by atoms with Crippen molar-refractivity contribution in [3.05, 3.63) is 194 Å². The second-order valence-electron chi connectivity index (χ2n) is 14.7. The third kappa shape index (κ3) is 4.50. The quantitative estimate of drug-likeness (QED) is 0.170. The third-order valence-electron chi connectivity index (χ3n) is 11.6. The summed E-state index contributed by atoms with van der Waals surface area (Å²) in [5.74, 6) is 0.844. The maximum atomic E-state index is 7.39. The zero-order chi connectivity index (χ0) is 36.7. The number of furan rings is 2. The molecule has 0 amide bonds. The van der Waals surface area contributed by atoms with E-state index in [9.17, 15) is 0 Å². The van der Waals surface area contributed by atoms with Crippen molar-refractivity contribution < 1.29 is 8.83 Å². The zero-order valence-corrected chi connectivity index (χ0v) is 30.3. The molecule has 0 unspecified atom stereocenters. The first-order valence-corrected chi connectivity index (χ1v) is 19.2. The molecule has 0 N–H and O–H groups in total. The summed E-state index contributed by atoms with van der Waals surface area (Å²) in [4.78, 5) is 0. The minimum Gasteiger partial charge on any atom is -0.455 e. The Kier molecular flexibility index (Phi) is 6.66. The number of fused-ring (bicyclic) bond motifs is 8. The lowest BCUT2D eigenvalue weighted by molar-refractivity contribution is 0.630. The number of rotatable bonds is 4. The third-order valence-corrected chi connectivity index (χ3v) is 11.6. The molecule has 10 aromatic carbocycles. The molecule has 0 spiro atoms. The summed E-state index contributed by atoms with van der Waals surface area (Å²) in [7, 11) is 0. The molecular formula is C54H32O2. The van der Waals surface area contributed by atoms with Crippen LogP contribution in [0, 0.1) is 0 Å². The summed E-state index contributed by atoms with van der Waals surface area (Å²) >= 11 is 0. The van der Waals surface area contributed by atoms with E-state index in [0.717, 1.165) is 77.3 Å². The fraction of sp³-hybridized carbons (Fsp3) is 0. The fourth-order valence-electron chi connectivity index (χ4n) is 9.19. The van der Waals surface area contributed by atoms with Crippen molar-refractivity contribution >= 4 is 76.0 Å². The Balaban J connectivity index is 1.29. The SMILES string of the molecule is c1ccc(-c2c(-c3ccc4ccccc4c3)oc3c(-c4c5ccccc5c(-c5cccc6ccccc56)c5ccccc45)c4oc5ccccc5c4cc23)cc1. The first-order valence-electron chi connectivity index (χ1n) is 19.2. The number of para-hydroxylation sites is 1. The molecule has 2 aromatic heterocycles. The van der Waals surface area contributed by atoms with E-state index in [2.05, 4.69) is 188 Å². The second kappa shape index (κ2) is 12.0. The van der Waals surface area contributed by atoms with Crippen molar-refractivity contribution in [1.82, 2.24) is 0 Å². The summed E-state index contributed by atoms with van der Waals surface area (Å²) in [6.45, 7) is 0. The van der Waals surface area contributed by atoms with Gasteiger partial charge in [-0.25, -0.2) is 0 Å². The van der Waals surface area contributed by atoms with Crippen molar-refractivity contribution in [2.24, 2.45) is 0 Å². The number of hydrogen-bond donors (Lipinski definition) is 0. The van der Waals surface area contributed by atoms with Crippen LogP contribution in [0.5, 0.6) is 0 Å². The molecule has 2 heterocycles. The summed E-state index contributed by atoms with van der Waals surface area (Å²) in [6, 6.07) is 69.5.